The third-order valence-electron chi connectivity index (χ3n) is 3.83. The zero-order chi connectivity index (χ0) is 15.6. The summed E-state index contributed by atoms with van der Waals surface area (Å²) in [5.41, 5.74) is 5.52. The molecule has 2 atom stereocenters. The Hall–Kier alpha value is -0.660. The molecule has 0 saturated carbocycles. The van der Waals surface area contributed by atoms with Crippen molar-refractivity contribution in [3.8, 4) is 0 Å². The van der Waals surface area contributed by atoms with Gasteiger partial charge in [-0.2, -0.15) is 0 Å². The van der Waals surface area contributed by atoms with E-state index in [4.69, 9.17) is 5.73 Å². The molecule has 0 aliphatic carbocycles. The zero-order valence-corrected chi connectivity index (χ0v) is 14.2. The number of nitrogens with zero attached hydrogens (tertiary/aromatic N) is 1. The number of unbranched alkanes of at least 4 members (excludes halogenated alkanes) is 2. The summed E-state index contributed by atoms with van der Waals surface area (Å²) < 4.78 is 0. The van der Waals surface area contributed by atoms with Gasteiger partial charge in [0.15, 0.2) is 0 Å². The molecule has 20 heavy (non-hydrogen) atoms. The first-order chi connectivity index (χ1) is 9.69. The van der Waals surface area contributed by atoms with Crippen LogP contribution in [0.25, 0.3) is 0 Å². The third-order valence-corrected chi connectivity index (χ3v) is 3.83. The molecule has 2 N–H and O–H groups in total. The number of hydrogen-bond donors (Lipinski definition) is 1. The second kappa shape index (κ2) is 18.3. The van der Waals surface area contributed by atoms with E-state index in [-0.39, 0.29) is 0 Å². The minimum Gasteiger partial charge on any atom is -0.330 e. The van der Waals surface area contributed by atoms with E-state index in [1.165, 1.54) is 44.9 Å². The molecule has 0 aliphatic rings. The van der Waals surface area contributed by atoms with E-state index in [1.807, 2.05) is 0 Å². The van der Waals surface area contributed by atoms with Gasteiger partial charge in [0.05, 0.1) is 6.54 Å². The Morgan fingerprint density at radius 1 is 0.950 bits per heavy atom. The average molecular weight is 284 g/mol. The van der Waals surface area contributed by atoms with Gasteiger partial charge in [-0.15, -0.1) is 0 Å². The van der Waals surface area contributed by atoms with Crippen LogP contribution in [0.4, 0.5) is 0 Å². The summed E-state index contributed by atoms with van der Waals surface area (Å²) in [7, 11) is 0. The second-order valence-corrected chi connectivity index (χ2v) is 5.50. The lowest BCUT2D eigenvalue weighted by Crippen LogP contribution is -2.12. The lowest BCUT2D eigenvalue weighted by atomic mass is 10.00. The Kier molecular flexibility index (Phi) is 19.8. The summed E-state index contributed by atoms with van der Waals surface area (Å²) in [5.74, 6) is 1.38. The molecule has 0 radical (unpaired) electrons. The summed E-state index contributed by atoms with van der Waals surface area (Å²) in [6, 6.07) is 0. The van der Waals surface area contributed by atoms with Gasteiger partial charge in [0.25, 0.3) is 0 Å². The van der Waals surface area contributed by atoms with Gasteiger partial charge in [0.2, 0.25) is 6.08 Å². The summed E-state index contributed by atoms with van der Waals surface area (Å²) in [6.07, 6.45) is 11.6. The number of carbonyl (C=O) groups excluding carboxylic acids is 1. The van der Waals surface area contributed by atoms with E-state index in [2.05, 4.69) is 32.7 Å². The Morgan fingerprint density at radius 2 is 1.45 bits per heavy atom. The van der Waals surface area contributed by atoms with Crippen LogP contribution >= 0.6 is 0 Å². The maximum atomic E-state index is 9.81. The van der Waals surface area contributed by atoms with Crippen molar-refractivity contribution >= 4 is 6.08 Å². The molecule has 0 rings (SSSR count). The van der Waals surface area contributed by atoms with Crippen LogP contribution in [0.5, 0.6) is 0 Å². The molecule has 0 aromatic carbocycles. The molecular formula is C17H36N2O. The predicted molar refractivity (Wildman–Crippen MR) is 88.7 cm³/mol. The lowest BCUT2D eigenvalue weighted by Gasteiger charge is -2.09. The van der Waals surface area contributed by atoms with E-state index in [0.29, 0.717) is 12.5 Å². The maximum Gasteiger partial charge on any atom is 0.234 e. The fourth-order valence-electron chi connectivity index (χ4n) is 2.07. The van der Waals surface area contributed by atoms with Crippen LogP contribution in [-0.2, 0) is 4.79 Å². The van der Waals surface area contributed by atoms with Gasteiger partial charge in [-0.1, -0.05) is 66.2 Å². The molecule has 3 heteroatoms. The molecule has 0 amide bonds. The van der Waals surface area contributed by atoms with Gasteiger partial charge in [0.1, 0.15) is 0 Å². The molecule has 0 aromatic rings. The van der Waals surface area contributed by atoms with Crippen molar-refractivity contribution in [2.24, 2.45) is 22.6 Å². The van der Waals surface area contributed by atoms with Crippen LogP contribution in [0.3, 0.4) is 0 Å². The van der Waals surface area contributed by atoms with Gasteiger partial charge >= 0.3 is 0 Å². The van der Waals surface area contributed by atoms with Crippen molar-refractivity contribution in [2.75, 3.05) is 13.1 Å². The van der Waals surface area contributed by atoms with Gasteiger partial charge in [0, 0.05) is 0 Å². The maximum absolute atomic E-state index is 9.81. The molecule has 120 valence electrons. The number of hydrogen-bond acceptors (Lipinski definition) is 3. The zero-order valence-electron chi connectivity index (χ0n) is 14.2. The van der Waals surface area contributed by atoms with Crippen LogP contribution < -0.4 is 5.73 Å². The molecule has 0 aromatic heterocycles. The van der Waals surface area contributed by atoms with Crippen molar-refractivity contribution in [1.82, 2.24) is 0 Å². The summed E-state index contributed by atoms with van der Waals surface area (Å²) in [6.45, 7) is 10.3. The highest BCUT2D eigenvalue weighted by atomic mass is 16.1. The van der Waals surface area contributed by atoms with Crippen LogP contribution in [0.15, 0.2) is 4.99 Å². The monoisotopic (exact) mass is 284 g/mol. The van der Waals surface area contributed by atoms with E-state index in [0.717, 1.165) is 18.9 Å². The van der Waals surface area contributed by atoms with Crippen molar-refractivity contribution in [1.29, 1.82) is 0 Å². The van der Waals surface area contributed by atoms with Crippen molar-refractivity contribution < 1.29 is 4.79 Å². The first-order valence-electron chi connectivity index (χ1n) is 8.43. The number of rotatable bonds is 11. The van der Waals surface area contributed by atoms with Gasteiger partial charge in [-0.05, 0) is 31.2 Å². The van der Waals surface area contributed by atoms with Crippen molar-refractivity contribution in [3.63, 3.8) is 0 Å². The van der Waals surface area contributed by atoms with E-state index < -0.39 is 0 Å². The van der Waals surface area contributed by atoms with Gasteiger partial charge in [-0.25, -0.2) is 9.79 Å². The number of aliphatic imine (C=N–C) groups is 1. The highest BCUT2D eigenvalue weighted by Gasteiger charge is 2.03. The SMILES string of the molecule is CCCCC(CC)CN.CCCCC(CC)CN=C=O. The molecule has 3 nitrogen and oxygen atoms in total. The molecule has 0 aliphatic heterocycles. The van der Waals surface area contributed by atoms with Crippen LogP contribution in [0.2, 0.25) is 0 Å². The van der Waals surface area contributed by atoms with Crippen LogP contribution in [0, 0.1) is 11.8 Å². The van der Waals surface area contributed by atoms with Gasteiger partial charge < -0.3 is 5.73 Å². The normalized spacial score (nSPS) is 12.8. The number of isocyanates is 1. The van der Waals surface area contributed by atoms with E-state index >= 15 is 0 Å². The minimum absolute atomic E-state index is 0.594. The second-order valence-electron chi connectivity index (χ2n) is 5.50. The average Bonchev–Trinajstić information content (AvgIpc) is 2.49. The Bertz CT molecular complexity index is 221. The lowest BCUT2D eigenvalue weighted by molar-refractivity contribution is 0.460. The fourth-order valence-corrected chi connectivity index (χ4v) is 2.07. The first-order valence-corrected chi connectivity index (χ1v) is 8.43. The van der Waals surface area contributed by atoms with Crippen LogP contribution in [0.1, 0.15) is 79.1 Å². The summed E-state index contributed by atoms with van der Waals surface area (Å²) >= 11 is 0. The molecule has 0 fully saturated rings. The summed E-state index contributed by atoms with van der Waals surface area (Å²) in [5, 5.41) is 0. The van der Waals surface area contributed by atoms with Crippen molar-refractivity contribution in [2.45, 2.75) is 79.1 Å². The standard InChI is InChI=1S/C9H17NO.C8H19N/c1-3-5-6-9(4-2)7-10-8-11;1-3-5-6-8(4-2)7-9/h9H,3-7H2,1-2H3;8H,3-7,9H2,1-2H3. The quantitative estimate of drug-likeness (QED) is 0.441. The molecule has 0 spiro atoms. The first kappa shape index (κ1) is 21.6. The van der Waals surface area contributed by atoms with E-state index in [9.17, 15) is 4.79 Å². The largest absolute Gasteiger partial charge is 0.330 e. The van der Waals surface area contributed by atoms with Crippen LogP contribution in [-0.4, -0.2) is 19.2 Å². The third kappa shape index (κ3) is 15.4. The fraction of sp³-hybridized carbons (Fsp3) is 0.941. The van der Waals surface area contributed by atoms with Crippen molar-refractivity contribution in [3.05, 3.63) is 0 Å². The Morgan fingerprint density at radius 3 is 1.80 bits per heavy atom. The predicted octanol–water partition coefficient (Wildman–Crippen LogP) is 4.70. The molecule has 0 bridgehead atoms. The molecule has 0 heterocycles. The highest BCUT2D eigenvalue weighted by molar-refractivity contribution is 5.32. The summed E-state index contributed by atoms with van der Waals surface area (Å²) in [4.78, 5) is 13.4. The molecular weight excluding hydrogens is 248 g/mol. The highest BCUT2D eigenvalue weighted by Crippen LogP contribution is 2.12. The Labute approximate surface area is 126 Å². The van der Waals surface area contributed by atoms with E-state index in [1.54, 1.807) is 6.08 Å². The number of nitrogens with two attached hydrogens (primary N) is 1. The van der Waals surface area contributed by atoms with Gasteiger partial charge in [-0.3, -0.25) is 0 Å². The molecule has 2 unspecified atom stereocenters. The molecule has 0 saturated heterocycles. The topological polar surface area (TPSA) is 55.4 Å². The minimum atomic E-state index is 0.594. The Balaban J connectivity index is 0. The smallest absolute Gasteiger partial charge is 0.234 e.